The molecule has 17 heavy (non-hydrogen) atoms. The van der Waals surface area contributed by atoms with Crippen molar-refractivity contribution in [1.82, 2.24) is 9.71 Å². The smallest absolute Gasteiger partial charge is 0.311 e. The van der Waals surface area contributed by atoms with E-state index in [1.54, 1.807) is 0 Å². The summed E-state index contributed by atoms with van der Waals surface area (Å²) >= 11 is 0. The lowest BCUT2D eigenvalue weighted by Crippen LogP contribution is -2.26. The molecule has 1 heterocycles. The molecule has 0 saturated carbocycles. The summed E-state index contributed by atoms with van der Waals surface area (Å²) in [6.07, 6.45) is 1.39. The van der Waals surface area contributed by atoms with Crippen molar-refractivity contribution in [3.8, 4) is 0 Å². The van der Waals surface area contributed by atoms with Gasteiger partial charge in [0.1, 0.15) is 0 Å². The number of hydrogen-bond donors (Lipinski definition) is 2. The summed E-state index contributed by atoms with van der Waals surface area (Å²) < 4.78 is 24.3. The van der Waals surface area contributed by atoms with Gasteiger partial charge in [-0.15, -0.1) is 0 Å². The molecule has 0 aliphatic carbocycles. The third kappa shape index (κ3) is 3.96. The fourth-order valence-corrected chi connectivity index (χ4v) is 1.66. The first-order valence-electron chi connectivity index (χ1n) is 4.71. The van der Waals surface area contributed by atoms with E-state index in [0.717, 1.165) is 0 Å². The molecule has 0 spiro atoms. The monoisotopic (exact) mass is 260 g/mol. The average molecular weight is 260 g/mol. The number of hydrogen-bond acceptors (Lipinski definition) is 6. The van der Waals surface area contributed by atoms with Crippen molar-refractivity contribution >= 4 is 21.5 Å². The topological polar surface area (TPSA) is 114 Å². The van der Waals surface area contributed by atoms with Crippen LogP contribution in [0.15, 0.2) is 18.3 Å². The maximum absolute atomic E-state index is 11.1. The molecule has 1 rings (SSSR count). The number of aromatic nitrogens is 1. The van der Waals surface area contributed by atoms with E-state index < -0.39 is 14.9 Å². The van der Waals surface area contributed by atoms with Crippen LogP contribution in [-0.4, -0.2) is 37.7 Å². The molecular formula is C8H12N4O4S. The summed E-state index contributed by atoms with van der Waals surface area (Å²) in [4.78, 5) is 13.8. The Morgan fingerprint density at radius 1 is 1.53 bits per heavy atom. The highest BCUT2D eigenvalue weighted by atomic mass is 32.2. The molecule has 0 radical (unpaired) electrons. The Kier molecular flexibility index (Phi) is 4.35. The summed E-state index contributed by atoms with van der Waals surface area (Å²) in [5.74, 6) is -0.124. The first-order valence-corrected chi connectivity index (χ1v) is 6.36. The van der Waals surface area contributed by atoms with Crippen molar-refractivity contribution in [2.75, 3.05) is 24.7 Å². The van der Waals surface area contributed by atoms with Gasteiger partial charge in [-0.1, -0.05) is 0 Å². The fraction of sp³-hybridized carbons (Fsp3) is 0.375. The predicted octanol–water partition coefficient (Wildman–Crippen LogP) is -0.0491. The molecule has 94 valence electrons. The van der Waals surface area contributed by atoms with Crippen LogP contribution in [0.2, 0.25) is 0 Å². The zero-order valence-electron chi connectivity index (χ0n) is 9.08. The van der Waals surface area contributed by atoms with Crippen LogP contribution in [0, 0.1) is 10.1 Å². The van der Waals surface area contributed by atoms with E-state index in [2.05, 4.69) is 15.0 Å². The zero-order valence-corrected chi connectivity index (χ0v) is 9.90. The molecule has 0 saturated heterocycles. The molecule has 0 aliphatic heterocycles. The van der Waals surface area contributed by atoms with Crippen LogP contribution in [-0.2, 0) is 10.0 Å². The minimum atomic E-state index is -3.33. The van der Waals surface area contributed by atoms with Gasteiger partial charge < -0.3 is 5.32 Å². The van der Waals surface area contributed by atoms with Gasteiger partial charge in [0.2, 0.25) is 15.8 Å². The molecule has 0 aliphatic rings. The third-order valence-corrected chi connectivity index (χ3v) is 3.32. The molecule has 8 nitrogen and oxygen atoms in total. The average Bonchev–Trinajstić information content (AvgIpc) is 2.29. The van der Waals surface area contributed by atoms with E-state index in [1.165, 1.54) is 25.4 Å². The maximum Gasteiger partial charge on any atom is 0.311 e. The second-order valence-corrected chi connectivity index (χ2v) is 5.12. The van der Waals surface area contributed by atoms with E-state index in [-0.39, 0.29) is 23.8 Å². The molecule has 9 heteroatoms. The van der Waals surface area contributed by atoms with Gasteiger partial charge in [-0.3, -0.25) is 10.1 Å². The Balaban J connectivity index is 2.67. The van der Waals surface area contributed by atoms with Crippen LogP contribution in [0.3, 0.4) is 0 Å². The van der Waals surface area contributed by atoms with Gasteiger partial charge in [0.15, 0.2) is 0 Å². The van der Waals surface area contributed by atoms with Crippen LogP contribution in [0.4, 0.5) is 11.5 Å². The molecule has 0 bridgehead atoms. The lowest BCUT2D eigenvalue weighted by molar-refractivity contribution is -0.384. The first-order chi connectivity index (χ1) is 7.96. The van der Waals surface area contributed by atoms with Gasteiger partial charge in [-0.25, -0.2) is 18.1 Å². The van der Waals surface area contributed by atoms with Gasteiger partial charge >= 0.3 is 5.69 Å². The Morgan fingerprint density at radius 3 is 2.82 bits per heavy atom. The number of nitrogens with zero attached hydrogens (tertiary/aromatic N) is 2. The maximum atomic E-state index is 11.1. The predicted molar refractivity (Wildman–Crippen MR) is 62.2 cm³/mol. The quantitative estimate of drug-likeness (QED) is 0.547. The Labute approximate surface area is 98.3 Å². The van der Waals surface area contributed by atoms with Crippen LogP contribution < -0.4 is 10.0 Å². The molecule has 0 aromatic carbocycles. The highest BCUT2D eigenvalue weighted by molar-refractivity contribution is 7.89. The molecule has 1 aromatic rings. The molecule has 1 aromatic heterocycles. The highest BCUT2D eigenvalue weighted by Crippen LogP contribution is 2.19. The van der Waals surface area contributed by atoms with Gasteiger partial charge in [-0.05, 0) is 13.1 Å². The minimum Gasteiger partial charge on any atom is -0.363 e. The summed E-state index contributed by atoms with van der Waals surface area (Å²) in [5.41, 5.74) is -0.186. The van der Waals surface area contributed by atoms with Crippen molar-refractivity contribution in [2.45, 2.75) is 0 Å². The van der Waals surface area contributed by atoms with E-state index in [1.807, 2.05) is 0 Å². The Bertz CT molecular complexity index is 502. The summed E-state index contributed by atoms with van der Waals surface area (Å²) in [6, 6.07) is 2.73. The minimum absolute atomic E-state index is 0.0427. The number of nitrogens with one attached hydrogen (secondary N) is 2. The van der Waals surface area contributed by atoms with Crippen molar-refractivity contribution in [3.63, 3.8) is 0 Å². The summed E-state index contributed by atoms with van der Waals surface area (Å²) in [7, 11) is -2.03. The number of pyridine rings is 1. The van der Waals surface area contributed by atoms with Crippen molar-refractivity contribution in [3.05, 3.63) is 28.4 Å². The first kappa shape index (κ1) is 13.3. The third-order valence-electron chi connectivity index (χ3n) is 1.96. The molecule has 0 fully saturated rings. The standard InChI is InChI=1S/C8H12N4O4S/c1-9-17(15,16)6-5-11-8-7(12(13)14)3-2-4-10-8/h2-4,9H,5-6H2,1H3,(H,10,11). The van der Waals surface area contributed by atoms with E-state index in [9.17, 15) is 18.5 Å². The van der Waals surface area contributed by atoms with Gasteiger partial charge in [0, 0.05) is 18.8 Å². The van der Waals surface area contributed by atoms with Crippen molar-refractivity contribution in [1.29, 1.82) is 0 Å². The highest BCUT2D eigenvalue weighted by Gasteiger charge is 2.14. The second kappa shape index (κ2) is 5.55. The molecule has 0 amide bonds. The number of anilines is 1. The largest absolute Gasteiger partial charge is 0.363 e. The molecule has 0 atom stereocenters. The molecule has 2 N–H and O–H groups in total. The lowest BCUT2D eigenvalue weighted by Gasteiger charge is -2.05. The SMILES string of the molecule is CNS(=O)(=O)CCNc1ncccc1[N+](=O)[O-]. The van der Waals surface area contributed by atoms with Crippen molar-refractivity contribution in [2.24, 2.45) is 0 Å². The molecular weight excluding hydrogens is 248 g/mol. The van der Waals surface area contributed by atoms with E-state index in [4.69, 9.17) is 0 Å². The Hall–Kier alpha value is -1.74. The Morgan fingerprint density at radius 2 is 2.24 bits per heavy atom. The van der Waals surface area contributed by atoms with Crippen LogP contribution in [0.5, 0.6) is 0 Å². The lowest BCUT2D eigenvalue weighted by atomic mass is 10.4. The van der Waals surface area contributed by atoms with Crippen LogP contribution in [0.25, 0.3) is 0 Å². The number of nitro groups is 1. The van der Waals surface area contributed by atoms with Crippen molar-refractivity contribution < 1.29 is 13.3 Å². The number of rotatable bonds is 6. The van der Waals surface area contributed by atoms with Crippen LogP contribution in [0.1, 0.15) is 0 Å². The van der Waals surface area contributed by atoms with Gasteiger partial charge in [0.25, 0.3) is 0 Å². The second-order valence-electron chi connectivity index (χ2n) is 3.08. The number of sulfonamides is 1. The fourth-order valence-electron chi connectivity index (χ4n) is 1.09. The molecule has 0 unspecified atom stereocenters. The summed E-state index contributed by atoms with van der Waals surface area (Å²) in [5, 5.41) is 13.2. The van der Waals surface area contributed by atoms with Gasteiger partial charge in [0.05, 0.1) is 10.7 Å². The normalized spacial score (nSPS) is 11.1. The van der Waals surface area contributed by atoms with E-state index >= 15 is 0 Å². The van der Waals surface area contributed by atoms with E-state index in [0.29, 0.717) is 0 Å². The van der Waals surface area contributed by atoms with Crippen LogP contribution >= 0.6 is 0 Å². The zero-order chi connectivity index (χ0) is 12.9. The van der Waals surface area contributed by atoms with Gasteiger partial charge in [-0.2, -0.15) is 0 Å². The summed E-state index contributed by atoms with van der Waals surface area (Å²) in [6.45, 7) is 0.0427.